The van der Waals surface area contributed by atoms with Crippen LogP contribution in [0.5, 0.6) is 0 Å². The number of carbonyl (C=O) groups is 4. The van der Waals surface area contributed by atoms with E-state index in [0.29, 0.717) is 0 Å². The maximum Gasteiger partial charge on any atom is 0.332 e. The standard InChI is InChI=1S/C15H22O11/c16-12-9-13(17)24-6-2-21-4-8-26-15(19)11-22-10-14(18)25-7-3-20-1-5-23-12/h1-11H2. The summed E-state index contributed by atoms with van der Waals surface area (Å²) < 4.78 is 34.2. The lowest BCUT2D eigenvalue weighted by Gasteiger charge is -2.09. The lowest BCUT2D eigenvalue weighted by atomic mass is 10.4. The van der Waals surface area contributed by atoms with Gasteiger partial charge in [-0.15, -0.1) is 0 Å². The summed E-state index contributed by atoms with van der Waals surface area (Å²) in [6.45, 7) is -0.593. The van der Waals surface area contributed by atoms with Crippen molar-refractivity contribution in [3.05, 3.63) is 0 Å². The molecule has 11 heteroatoms. The van der Waals surface area contributed by atoms with E-state index in [0.717, 1.165) is 0 Å². The Balaban J connectivity index is 2.32. The van der Waals surface area contributed by atoms with Gasteiger partial charge in [-0.3, -0.25) is 9.59 Å². The molecule has 0 spiro atoms. The minimum absolute atomic E-state index is 0.0236. The minimum atomic E-state index is -0.739. The third kappa shape index (κ3) is 12.2. The van der Waals surface area contributed by atoms with Gasteiger partial charge in [0.05, 0.1) is 26.4 Å². The second-order valence-electron chi connectivity index (χ2n) is 4.78. The van der Waals surface area contributed by atoms with E-state index in [1.54, 1.807) is 0 Å². The highest BCUT2D eigenvalue weighted by Crippen LogP contribution is 1.93. The summed E-state index contributed by atoms with van der Waals surface area (Å²) in [4.78, 5) is 45.4. The second kappa shape index (κ2) is 14.0. The van der Waals surface area contributed by atoms with Crippen LogP contribution in [-0.4, -0.2) is 89.9 Å². The molecule has 0 unspecified atom stereocenters. The van der Waals surface area contributed by atoms with E-state index >= 15 is 0 Å². The number of cyclic esters (lactones) is 4. The smallest absolute Gasteiger partial charge is 0.332 e. The first-order valence-electron chi connectivity index (χ1n) is 7.93. The van der Waals surface area contributed by atoms with Crippen molar-refractivity contribution in [1.29, 1.82) is 0 Å². The van der Waals surface area contributed by atoms with Crippen LogP contribution >= 0.6 is 0 Å². The molecule has 148 valence electrons. The van der Waals surface area contributed by atoms with Gasteiger partial charge in [-0.2, -0.15) is 0 Å². The van der Waals surface area contributed by atoms with E-state index in [-0.39, 0.29) is 52.9 Å². The van der Waals surface area contributed by atoms with E-state index in [9.17, 15) is 19.2 Å². The molecule has 0 aliphatic carbocycles. The Morgan fingerprint density at radius 1 is 0.423 bits per heavy atom. The lowest BCUT2D eigenvalue weighted by molar-refractivity contribution is -0.157. The molecule has 1 rings (SSSR count). The summed E-state index contributed by atoms with van der Waals surface area (Å²) in [7, 11) is 0. The minimum Gasteiger partial charge on any atom is -0.463 e. The fourth-order valence-corrected chi connectivity index (χ4v) is 1.58. The third-order valence-electron chi connectivity index (χ3n) is 2.69. The molecule has 0 aromatic carbocycles. The van der Waals surface area contributed by atoms with Crippen molar-refractivity contribution in [2.45, 2.75) is 6.42 Å². The molecule has 11 nitrogen and oxygen atoms in total. The van der Waals surface area contributed by atoms with Gasteiger partial charge in [-0.25, -0.2) is 9.59 Å². The van der Waals surface area contributed by atoms with Crippen molar-refractivity contribution < 1.29 is 52.3 Å². The van der Waals surface area contributed by atoms with E-state index in [2.05, 4.69) is 0 Å². The fourth-order valence-electron chi connectivity index (χ4n) is 1.58. The number of hydrogen-bond donors (Lipinski definition) is 0. The predicted molar refractivity (Wildman–Crippen MR) is 80.9 cm³/mol. The molecule has 0 aromatic rings. The highest BCUT2D eigenvalue weighted by Gasteiger charge is 2.12. The van der Waals surface area contributed by atoms with Gasteiger partial charge in [0.2, 0.25) is 0 Å². The van der Waals surface area contributed by atoms with Crippen molar-refractivity contribution in [2.75, 3.05) is 66.1 Å². The van der Waals surface area contributed by atoms with Gasteiger partial charge in [-0.05, 0) is 0 Å². The normalized spacial score (nSPS) is 21.2. The molecule has 0 bridgehead atoms. The molecule has 0 radical (unpaired) electrons. The van der Waals surface area contributed by atoms with E-state index in [1.165, 1.54) is 0 Å². The number of ether oxygens (including phenoxy) is 7. The van der Waals surface area contributed by atoms with Gasteiger partial charge >= 0.3 is 23.9 Å². The van der Waals surface area contributed by atoms with Gasteiger partial charge in [0, 0.05) is 0 Å². The summed E-state index contributed by atoms with van der Waals surface area (Å²) in [6.07, 6.45) is -0.519. The molecule has 26 heavy (non-hydrogen) atoms. The molecule has 1 aliphatic heterocycles. The number of hydrogen-bond acceptors (Lipinski definition) is 11. The molecule has 1 heterocycles. The van der Waals surface area contributed by atoms with Crippen LogP contribution in [0, 0.1) is 0 Å². The Labute approximate surface area is 149 Å². The Kier molecular flexibility index (Phi) is 11.7. The van der Waals surface area contributed by atoms with Gasteiger partial charge in [0.15, 0.2) is 0 Å². The number of rotatable bonds is 0. The third-order valence-corrected chi connectivity index (χ3v) is 2.69. The second-order valence-corrected chi connectivity index (χ2v) is 4.78. The van der Waals surface area contributed by atoms with Crippen LogP contribution in [0.3, 0.4) is 0 Å². The molecule has 1 aliphatic rings. The summed E-state index contributed by atoms with van der Waals surface area (Å²) >= 11 is 0. The lowest BCUT2D eigenvalue weighted by Crippen LogP contribution is -2.22. The first-order valence-corrected chi connectivity index (χ1v) is 7.93. The first kappa shape index (κ1) is 21.8. The Hall–Kier alpha value is -2.24. The zero-order chi connectivity index (χ0) is 19.0. The zero-order valence-corrected chi connectivity index (χ0v) is 14.3. The highest BCUT2D eigenvalue weighted by molar-refractivity contribution is 5.91. The van der Waals surface area contributed by atoms with Crippen molar-refractivity contribution >= 4 is 23.9 Å². The van der Waals surface area contributed by atoms with Gasteiger partial charge in [-0.1, -0.05) is 0 Å². The Bertz CT molecular complexity index is 423. The summed E-state index contributed by atoms with van der Waals surface area (Å²) in [5.41, 5.74) is 0. The Morgan fingerprint density at radius 2 is 0.769 bits per heavy atom. The number of carbonyl (C=O) groups excluding carboxylic acids is 4. The first-order chi connectivity index (χ1) is 12.6. The molecule has 0 saturated carbocycles. The van der Waals surface area contributed by atoms with Crippen LogP contribution in [0.4, 0.5) is 0 Å². The summed E-state index contributed by atoms with van der Waals surface area (Å²) in [5, 5.41) is 0. The highest BCUT2D eigenvalue weighted by atomic mass is 16.6. The van der Waals surface area contributed by atoms with Gasteiger partial charge in [0.1, 0.15) is 46.1 Å². The van der Waals surface area contributed by atoms with Gasteiger partial charge < -0.3 is 33.2 Å². The van der Waals surface area contributed by atoms with E-state index in [1.807, 2.05) is 0 Å². The summed E-state index contributed by atoms with van der Waals surface area (Å²) in [5.74, 6) is -2.79. The van der Waals surface area contributed by atoms with E-state index in [4.69, 9.17) is 33.2 Å². The molecular formula is C15H22O11. The molecule has 0 atom stereocenters. The van der Waals surface area contributed by atoms with Crippen molar-refractivity contribution in [1.82, 2.24) is 0 Å². The molecule has 1 fully saturated rings. The van der Waals surface area contributed by atoms with Crippen molar-refractivity contribution in [3.8, 4) is 0 Å². The van der Waals surface area contributed by atoms with Crippen molar-refractivity contribution in [3.63, 3.8) is 0 Å². The molecule has 0 aromatic heterocycles. The van der Waals surface area contributed by atoms with Crippen LogP contribution < -0.4 is 0 Å². The Morgan fingerprint density at radius 3 is 1.15 bits per heavy atom. The van der Waals surface area contributed by atoms with Crippen LogP contribution in [0.25, 0.3) is 0 Å². The maximum absolute atomic E-state index is 11.4. The van der Waals surface area contributed by atoms with E-state index < -0.39 is 43.5 Å². The van der Waals surface area contributed by atoms with Crippen LogP contribution in [0.15, 0.2) is 0 Å². The predicted octanol–water partition coefficient (Wildman–Crippen LogP) is -1.39. The van der Waals surface area contributed by atoms with Crippen molar-refractivity contribution in [2.24, 2.45) is 0 Å². The largest absolute Gasteiger partial charge is 0.463 e. The van der Waals surface area contributed by atoms with Crippen LogP contribution in [-0.2, 0) is 52.3 Å². The topological polar surface area (TPSA) is 133 Å². The average molecular weight is 378 g/mol. The SMILES string of the molecule is O=C1COCC(=O)OCCOCCOC(=O)CC(=O)OCCOCCO1. The van der Waals surface area contributed by atoms with Crippen LogP contribution in [0.2, 0.25) is 0 Å². The zero-order valence-electron chi connectivity index (χ0n) is 14.3. The molecular weight excluding hydrogens is 356 g/mol. The fraction of sp³-hybridized carbons (Fsp3) is 0.733. The van der Waals surface area contributed by atoms with Gasteiger partial charge in [0.25, 0.3) is 0 Å². The molecule has 0 amide bonds. The summed E-state index contributed by atoms with van der Waals surface area (Å²) in [6, 6.07) is 0. The number of esters is 4. The average Bonchev–Trinajstić information content (AvgIpc) is 2.59. The van der Waals surface area contributed by atoms with Crippen LogP contribution in [0.1, 0.15) is 6.42 Å². The maximum atomic E-state index is 11.4. The quantitative estimate of drug-likeness (QED) is 0.280. The molecule has 0 N–H and O–H groups in total. The molecule has 1 saturated heterocycles. The monoisotopic (exact) mass is 378 g/mol.